The van der Waals surface area contributed by atoms with Gasteiger partial charge in [-0.25, -0.2) is 4.68 Å². The van der Waals surface area contributed by atoms with Gasteiger partial charge in [-0.2, -0.15) is 0 Å². The molecule has 0 aliphatic heterocycles. The quantitative estimate of drug-likeness (QED) is 0.488. The second kappa shape index (κ2) is 8.45. The average Bonchev–Trinajstić information content (AvgIpc) is 3.01. The van der Waals surface area contributed by atoms with E-state index >= 15 is 0 Å². The van der Waals surface area contributed by atoms with Crippen molar-refractivity contribution >= 4 is 29.3 Å². The molecule has 3 rings (SSSR count). The van der Waals surface area contributed by atoms with Crippen molar-refractivity contribution in [3.63, 3.8) is 0 Å². The van der Waals surface area contributed by atoms with Crippen LogP contribution in [0, 0.1) is 6.92 Å². The van der Waals surface area contributed by atoms with E-state index < -0.39 is 0 Å². The van der Waals surface area contributed by atoms with E-state index in [0.29, 0.717) is 28.1 Å². The molecule has 0 aliphatic rings. The highest BCUT2D eigenvalue weighted by Gasteiger charge is 2.20. The lowest BCUT2D eigenvalue weighted by Gasteiger charge is -2.12. The Morgan fingerprint density at radius 1 is 1.22 bits per heavy atom. The number of aromatic nitrogens is 3. The van der Waals surface area contributed by atoms with Gasteiger partial charge in [-0.1, -0.05) is 65.3 Å². The Bertz CT molecular complexity index is 942. The van der Waals surface area contributed by atoms with Crippen LogP contribution in [-0.4, -0.2) is 26.0 Å². The molecule has 1 heterocycles. The van der Waals surface area contributed by atoms with Crippen molar-refractivity contribution in [2.45, 2.75) is 30.8 Å². The molecule has 0 radical (unpaired) electrons. The predicted molar refractivity (Wildman–Crippen MR) is 109 cm³/mol. The molecular weight excluding hydrogens is 382 g/mol. The highest BCUT2D eigenvalue weighted by atomic mass is 35.5. The van der Waals surface area contributed by atoms with Gasteiger partial charge in [0.2, 0.25) is 11.1 Å². The summed E-state index contributed by atoms with van der Waals surface area (Å²) < 4.78 is 1.36. The van der Waals surface area contributed by atoms with E-state index in [0.717, 1.165) is 5.56 Å². The summed E-state index contributed by atoms with van der Waals surface area (Å²) in [4.78, 5) is 12.4. The number of hydrogen-bond donors (Lipinski definition) is 2. The van der Waals surface area contributed by atoms with Crippen LogP contribution in [-0.2, 0) is 11.3 Å². The number of rotatable bonds is 6. The van der Waals surface area contributed by atoms with Crippen LogP contribution >= 0.6 is 23.4 Å². The monoisotopic (exact) mass is 401 g/mol. The number of aryl methyl sites for hydroxylation is 1. The summed E-state index contributed by atoms with van der Waals surface area (Å²) in [7, 11) is 0. The molecule has 3 aromatic rings. The minimum Gasteiger partial charge on any atom is -0.351 e. The minimum absolute atomic E-state index is 0.0946. The molecule has 2 aromatic carbocycles. The molecule has 1 atom stereocenters. The Balaban J connectivity index is 1.64. The van der Waals surface area contributed by atoms with Gasteiger partial charge in [-0.3, -0.25) is 4.79 Å². The van der Waals surface area contributed by atoms with E-state index in [2.05, 4.69) is 15.5 Å². The zero-order valence-electron chi connectivity index (χ0n) is 15.0. The second-order valence-electron chi connectivity index (χ2n) is 6.12. The molecule has 27 heavy (non-hydrogen) atoms. The molecule has 0 saturated heterocycles. The first kappa shape index (κ1) is 19.3. The zero-order valence-corrected chi connectivity index (χ0v) is 16.6. The number of hydrogen-bond acceptors (Lipinski definition) is 5. The van der Waals surface area contributed by atoms with Crippen LogP contribution in [0.4, 0.5) is 0 Å². The van der Waals surface area contributed by atoms with Crippen molar-refractivity contribution in [3.8, 4) is 11.4 Å². The normalized spacial score (nSPS) is 12.0. The lowest BCUT2D eigenvalue weighted by atomic mass is 10.1. The molecule has 140 valence electrons. The smallest absolute Gasteiger partial charge is 0.233 e. The number of carbonyl (C=O) groups excluding carboxylic acids is 1. The first-order chi connectivity index (χ1) is 13.0. The number of nitrogens with two attached hydrogens (primary N) is 1. The Hall–Kier alpha value is -2.51. The maximum absolute atomic E-state index is 12.4. The molecule has 0 aliphatic carbocycles. The number of nitrogen functional groups attached to an aromatic ring is 1. The lowest BCUT2D eigenvalue weighted by Crippen LogP contribution is -2.30. The fraction of sp³-hybridized carbons (Fsp3) is 0.211. The van der Waals surface area contributed by atoms with Crippen molar-refractivity contribution in [3.05, 3.63) is 64.7 Å². The average molecular weight is 402 g/mol. The van der Waals surface area contributed by atoms with E-state index in [1.165, 1.54) is 22.0 Å². The van der Waals surface area contributed by atoms with Crippen LogP contribution in [0.3, 0.4) is 0 Å². The van der Waals surface area contributed by atoms with Gasteiger partial charge < -0.3 is 11.2 Å². The van der Waals surface area contributed by atoms with E-state index in [1.807, 2.05) is 49.4 Å². The highest BCUT2D eigenvalue weighted by Crippen LogP contribution is 2.28. The molecule has 6 nitrogen and oxygen atoms in total. The van der Waals surface area contributed by atoms with Crippen LogP contribution in [0.2, 0.25) is 5.02 Å². The van der Waals surface area contributed by atoms with Gasteiger partial charge in [0.25, 0.3) is 0 Å². The number of nitrogens with zero attached hydrogens (tertiary/aromatic N) is 3. The largest absolute Gasteiger partial charge is 0.351 e. The van der Waals surface area contributed by atoms with Gasteiger partial charge in [0.05, 0.1) is 10.3 Å². The number of nitrogens with one attached hydrogen (secondary N) is 1. The van der Waals surface area contributed by atoms with Crippen LogP contribution in [0.5, 0.6) is 0 Å². The Morgan fingerprint density at radius 3 is 2.63 bits per heavy atom. The van der Waals surface area contributed by atoms with E-state index in [4.69, 9.17) is 17.4 Å². The van der Waals surface area contributed by atoms with Gasteiger partial charge in [0.15, 0.2) is 5.82 Å². The lowest BCUT2D eigenvalue weighted by molar-refractivity contribution is -0.120. The Labute approximate surface area is 167 Å². The maximum Gasteiger partial charge on any atom is 0.233 e. The topological polar surface area (TPSA) is 85.8 Å². The number of halogens is 1. The fourth-order valence-corrected chi connectivity index (χ4v) is 3.45. The van der Waals surface area contributed by atoms with Crippen LogP contribution in [0.25, 0.3) is 11.4 Å². The molecular formula is C19H20ClN5OS. The molecule has 0 bridgehead atoms. The van der Waals surface area contributed by atoms with Crippen molar-refractivity contribution in [2.75, 3.05) is 5.84 Å². The SMILES string of the molecule is Cc1ccc(CNC(=O)C(C)Sc2nnc(-c3ccccc3Cl)n2N)cc1. The van der Waals surface area contributed by atoms with Crippen LogP contribution < -0.4 is 11.2 Å². The maximum atomic E-state index is 12.4. The van der Waals surface area contributed by atoms with E-state index in [1.54, 1.807) is 13.0 Å². The zero-order chi connectivity index (χ0) is 19.4. The third-order valence-corrected chi connectivity index (χ3v) is 5.40. The van der Waals surface area contributed by atoms with Crippen molar-refractivity contribution < 1.29 is 4.79 Å². The van der Waals surface area contributed by atoms with E-state index in [9.17, 15) is 4.79 Å². The molecule has 3 N–H and O–H groups in total. The van der Waals surface area contributed by atoms with Crippen molar-refractivity contribution in [1.29, 1.82) is 0 Å². The van der Waals surface area contributed by atoms with Crippen LogP contribution in [0.1, 0.15) is 18.1 Å². The fourth-order valence-electron chi connectivity index (χ4n) is 2.43. The minimum atomic E-state index is -0.374. The molecule has 1 aromatic heterocycles. The number of benzene rings is 2. The molecule has 0 saturated carbocycles. The predicted octanol–water partition coefficient (Wildman–Crippen LogP) is 3.42. The van der Waals surface area contributed by atoms with Gasteiger partial charge in [-0.15, -0.1) is 10.2 Å². The molecule has 0 fully saturated rings. The number of carbonyl (C=O) groups is 1. The number of thioether (sulfide) groups is 1. The molecule has 0 spiro atoms. The summed E-state index contributed by atoms with van der Waals surface area (Å²) in [6.45, 7) is 4.31. The third kappa shape index (κ3) is 4.61. The van der Waals surface area contributed by atoms with Gasteiger partial charge in [0, 0.05) is 12.1 Å². The van der Waals surface area contributed by atoms with Crippen LogP contribution in [0.15, 0.2) is 53.7 Å². The third-order valence-electron chi connectivity index (χ3n) is 4.02. The first-order valence-corrected chi connectivity index (χ1v) is 9.67. The molecule has 1 unspecified atom stereocenters. The van der Waals surface area contributed by atoms with Gasteiger partial charge >= 0.3 is 0 Å². The van der Waals surface area contributed by atoms with E-state index in [-0.39, 0.29) is 11.2 Å². The summed E-state index contributed by atoms with van der Waals surface area (Å²) >= 11 is 7.44. The van der Waals surface area contributed by atoms with Gasteiger partial charge in [-0.05, 0) is 31.5 Å². The first-order valence-electron chi connectivity index (χ1n) is 8.41. The summed E-state index contributed by atoms with van der Waals surface area (Å²) in [5.41, 5.74) is 2.93. The van der Waals surface area contributed by atoms with Crippen molar-refractivity contribution in [1.82, 2.24) is 20.2 Å². The second-order valence-corrected chi connectivity index (χ2v) is 7.83. The molecule has 1 amide bonds. The molecule has 8 heteroatoms. The summed E-state index contributed by atoms with van der Waals surface area (Å²) in [5.74, 6) is 6.47. The van der Waals surface area contributed by atoms with Gasteiger partial charge in [0.1, 0.15) is 0 Å². The Kier molecular flexibility index (Phi) is 6.03. The highest BCUT2D eigenvalue weighted by molar-refractivity contribution is 8.00. The summed E-state index contributed by atoms with van der Waals surface area (Å²) in [6, 6.07) is 15.3. The standard InChI is InChI=1S/C19H20ClN5OS/c1-12-7-9-14(10-8-12)11-22-18(26)13(2)27-19-24-23-17(25(19)21)15-5-3-4-6-16(15)20/h3-10,13H,11,21H2,1-2H3,(H,22,26). The Morgan fingerprint density at radius 2 is 1.93 bits per heavy atom. The summed E-state index contributed by atoms with van der Waals surface area (Å²) in [5, 5.41) is 11.7. The number of amides is 1. The summed E-state index contributed by atoms with van der Waals surface area (Å²) in [6.07, 6.45) is 0. The van der Waals surface area contributed by atoms with Crippen molar-refractivity contribution in [2.24, 2.45) is 0 Å².